The average molecular weight is 482 g/mol. The van der Waals surface area contributed by atoms with Crippen molar-refractivity contribution < 1.29 is 32.1 Å². The lowest BCUT2D eigenvalue weighted by atomic mass is 10.2. The molecule has 0 bridgehead atoms. The minimum Gasteiger partial charge on any atom is -0.382 e. The molecule has 0 fully saturated rings. The maximum atomic E-state index is 13.4. The van der Waals surface area contributed by atoms with Gasteiger partial charge in [0.15, 0.2) is 10.8 Å². The number of nitrogens with two attached hydrogens (primary N) is 2. The summed E-state index contributed by atoms with van der Waals surface area (Å²) in [6, 6.07) is 5.19. The van der Waals surface area contributed by atoms with E-state index in [0.29, 0.717) is 5.69 Å². The standard InChI is InChI=1S/C19H17F3N6O4S/c1-8(17(24)30)28(10-4-2-9(20)3-5-10)19-26-16(23)15(33-19)14(29)12-6-11(27-32-12)18(31)25-7-13(21)22/h2-6,8,13H,7,23H2,1H3,(H2,24,30)(H,25,31)/t8-/m1/s1. The molecule has 0 aliphatic heterocycles. The van der Waals surface area contributed by atoms with E-state index in [1.54, 1.807) is 0 Å². The number of amides is 2. The topological polar surface area (TPSA) is 157 Å². The van der Waals surface area contributed by atoms with Crippen molar-refractivity contribution in [3.05, 3.63) is 52.5 Å². The van der Waals surface area contributed by atoms with E-state index in [1.165, 1.54) is 36.1 Å². The number of nitrogen functional groups attached to an aromatic ring is 1. The maximum Gasteiger partial charge on any atom is 0.273 e. The Balaban J connectivity index is 1.91. The molecule has 33 heavy (non-hydrogen) atoms. The van der Waals surface area contributed by atoms with Crippen LogP contribution in [0.4, 0.5) is 29.8 Å². The molecule has 2 aromatic heterocycles. The maximum absolute atomic E-state index is 13.4. The number of thiazole rings is 1. The average Bonchev–Trinajstić information content (AvgIpc) is 3.40. The van der Waals surface area contributed by atoms with Gasteiger partial charge < -0.3 is 26.2 Å². The number of nitrogens with one attached hydrogen (secondary N) is 1. The second kappa shape index (κ2) is 9.68. The third-order valence-corrected chi connectivity index (χ3v) is 5.41. The molecule has 2 heterocycles. The summed E-state index contributed by atoms with van der Waals surface area (Å²) in [7, 11) is 0. The van der Waals surface area contributed by atoms with Gasteiger partial charge in [0, 0.05) is 11.8 Å². The summed E-state index contributed by atoms with van der Waals surface area (Å²) in [5, 5.41) is 5.45. The van der Waals surface area contributed by atoms with Crippen LogP contribution in [-0.2, 0) is 4.79 Å². The van der Waals surface area contributed by atoms with Crippen LogP contribution in [0.1, 0.15) is 32.8 Å². The molecule has 0 aliphatic rings. The number of aromatic nitrogens is 2. The number of halogens is 3. The van der Waals surface area contributed by atoms with E-state index in [0.717, 1.165) is 17.4 Å². The summed E-state index contributed by atoms with van der Waals surface area (Å²) in [4.78, 5) is 41.9. The SMILES string of the molecule is C[C@H](C(N)=O)N(c1ccc(F)cc1)c1nc(N)c(C(=O)c2cc(C(=O)NCC(F)F)no2)s1. The van der Waals surface area contributed by atoms with Crippen molar-refractivity contribution in [1.82, 2.24) is 15.5 Å². The summed E-state index contributed by atoms with van der Waals surface area (Å²) < 4.78 is 42.7. The van der Waals surface area contributed by atoms with Gasteiger partial charge in [0.25, 0.3) is 12.3 Å². The van der Waals surface area contributed by atoms with E-state index < -0.39 is 42.4 Å². The second-order valence-electron chi connectivity index (χ2n) is 6.64. The smallest absolute Gasteiger partial charge is 0.273 e. The highest BCUT2D eigenvalue weighted by atomic mass is 32.1. The molecule has 14 heteroatoms. The van der Waals surface area contributed by atoms with Gasteiger partial charge in [-0.1, -0.05) is 16.5 Å². The van der Waals surface area contributed by atoms with Crippen molar-refractivity contribution in [1.29, 1.82) is 0 Å². The Morgan fingerprint density at radius 1 is 1.24 bits per heavy atom. The van der Waals surface area contributed by atoms with Gasteiger partial charge in [-0.3, -0.25) is 14.4 Å². The van der Waals surface area contributed by atoms with Gasteiger partial charge >= 0.3 is 0 Å². The Bertz CT molecular complexity index is 1180. The molecular weight excluding hydrogens is 465 g/mol. The number of primary amides is 1. The fraction of sp³-hybridized carbons (Fsp3) is 0.211. The first-order valence-electron chi connectivity index (χ1n) is 9.26. The third-order valence-electron chi connectivity index (χ3n) is 4.34. The molecule has 0 unspecified atom stereocenters. The quantitative estimate of drug-likeness (QED) is 0.391. The first kappa shape index (κ1) is 23.7. The van der Waals surface area contributed by atoms with Crippen molar-refractivity contribution in [2.75, 3.05) is 17.2 Å². The summed E-state index contributed by atoms with van der Waals surface area (Å²) >= 11 is 0.798. The van der Waals surface area contributed by atoms with Crippen LogP contribution in [0.15, 0.2) is 34.9 Å². The monoisotopic (exact) mass is 482 g/mol. The van der Waals surface area contributed by atoms with Crippen LogP contribution in [0, 0.1) is 5.82 Å². The normalized spacial score (nSPS) is 11.9. The van der Waals surface area contributed by atoms with Crippen LogP contribution in [0.25, 0.3) is 0 Å². The van der Waals surface area contributed by atoms with Gasteiger partial charge in [-0.15, -0.1) is 0 Å². The Hall–Kier alpha value is -3.94. The van der Waals surface area contributed by atoms with E-state index in [9.17, 15) is 27.6 Å². The first-order chi connectivity index (χ1) is 15.6. The van der Waals surface area contributed by atoms with Gasteiger partial charge in [-0.05, 0) is 31.2 Å². The lowest BCUT2D eigenvalue weighted by molar-refractivity contribution is -0.118. The third kappa shape index (κ3) is 5.28. The summed E-state index contributed by atoms with van der Waals surface area (Å²) in [5.74, 6) is -3.52. The number of hydrogen-bond donors (Lipinski definition) is 3. The lowest BCUT2D eigenvalue weighted by Gasteiger charge is -2.26. The van der Waals surface area contributed by atoms with Crippen LogP contribution in [-0.4, -0.2) is 46.8 Å². The van der Waals surface area contributed by atoms with Crippen LogP contribution >= 0.6 is 11.3 Å². The number of ketones is 1. The molecule has 0 saturated heterocycles. The second-order valence-corrected chi connectivity index (χ2v) is 7.62. The van der Waals surface area contributed by atoms with Crippen LogP contribution < -0.4 is 21.7 Å². The largest absolute Gasteiger partial charge is 0.382 e. The molecule has 2 amide bonds. The van der Waals surface area contributed by atoms with Gasteiger partial charge in [0.2, 0.25) is 17.5 Å². The van der Waals surface area contributed by atoms with Crippen LogP contribution in [0.3, 0.4) is 0 Å². The molecule has 0 spiro atoms. The van der Waals surface area contributed by atoms with Crippen molar-refractivity contribution in [3.63, 3.8) is 0 Å². The number of nitrogens with zero attached hydrogens (tertiary/aromatic N) is 3. The van der Waals surface area contributed by atoms with Crippen molar-refractivity contribution in [2.24, 2.45) is 5.73 Å². The first-order valence-corrected chi connectivity index (χ1v) is 10.1. The van der Waals surface area contributed by atoms with Crippen molar-refractivity contribution in [2.45, 2.75) is 19.4 Å². The predicted molar refractivity (Wildman–Crippen MR) is 112 cm³/mol. The molecule has 0 radical (unpaired) electrons. The predicted octanol–water partition coefficient (Wildman–Crippen LogP) is 2.09. The minimum absolute atomic E-state index is 0.0931. The fourth-order valence-corrected chi connectivity index (χ4v) is 3.71. The Morgan fingerprint density at radius 3 is 2.52 bits per heavy atom. The molecule has 1 atom stereocenters. The molecule has 174 valence electrons. The lowest BCUT2D eigenvalue weighted by Crippen LogP contribution is -2.39. The number of anilines is 3. The zero-order valence-corrected chi connectivity index (χ0v) is 17.7. The molecule has 3 rings (SSSR count). The van der Waals surface area contributed by atoms with E-state index in [4.69, 9.17) is 16.0 Å². The number of alkyl halides is 2. The highest BCUT2D eigenvalue weighted by Gasteiger charge is 2.29. The molecule has 3 aromatic rings. The Kier molecular flexibility index (Phi) is 6.96. The van der Waals surface area contributed by atoms with Gasteiger partial charge in [-0.2, -0.15) is 0 Å². The summed E-state index contributed by atoms with van der Waals surface area (Å²) in [6.45, 7) is 0.600. The van der Waals surface area contributed by atoms with Gasteiger partial charge in [0.1, 0.15) is 22.6 Å². The number of carbonyl (C=O) groups excluding carboxylic acids is 3. The minimum atomic E-state index is -2.76. The number of rotatable bonds is 9. The number of benzene rings is 1. The van der Waals surface area contributed by atoms with E-state index in [1.807, 2.05) is 5.32 Å². The van der Waals surface area contributed by atoms with E-state index in [2.05, 4.69) is 10.1 Å². The van der Waals surface area contributed by atoms with Crippen LogP contribution in [0.5, 0.6) is 0 Å². The fourth-order valence-electron chi connectivity index (χ4n) is 2.68. The van der Waals surface area contributed by atoms with Gasteiger partial charge in [-0.25, -0.2) is 18.2 Å². The van der Waals surface area contributed by atoms with Crippen molar-refractivity contribution in [3.8, 4) is 0 Å². The number of carbonyl (C=O) groups is 3. The molecule has 10 nitrogen and oxygen atoms in total. The number of hydrogen-bond acceptors (Lipinski definition) is 9. The van der Waals surface area contributed by atoms with Gasteiger partial charge in [0.05, 0.1) is 6.54 Å². The molecular formula is C19H17F3N6O4S. The summed E-state index contributed by atoms with van der Waals surface area (Å²) in [6.07, 6.45) is -2.76. The van der Waals surface area contributed by atoms with Crippen LogP contribution in [0.2, 0.25) is 0 Å². The highest BCUT2D eigenvalue weighted by molar-refractivity contribution is 7.18. The molecule has 0 saturated carbocycles. The zero-order chi connectivity index (χ0) is 24.3. The Labute approximate surface area is 188 Å². The zero-order valence-electron chi connectivity index (χ0n) is 16.9. The summed E-state index contributed by atoms with van der Waals surface area (Å²) in [5.41, 5.74) is 11.3. The van der Waals surface area contributed by atoms with E-state index in [-0.39, 0.29) is 27.3 Å². The molecule has 0 aliphatic carbocycles. The molecule has 5 N–H and O–H groups in total. The Morgan fingerprint density at radius 2 is 1.91 bits per heavy atom. The molecule has 1 aromatic carbocycles. The highest BCUT2D eigenvalue weighted by Crippen LogP contribution is 2.36. The van der Waals surface area contributed by atoms with Crippen molar-refractivity contribution >= 4 is 45.6 Å². The van der Waals surface area contributed by atoms with E-state index >= 15 is 0 Å².